The second-order valence-corrected chi connectivity index (χ2v) is 5.10. The van der Waals surface area contributed by atoms with Gasteiger partial charge in [0.05, 0.1) is 0 Å². The number of amidine groups is 1. The Morgan fingerprint density at radius 2 is 1.94 bits per heavy atom. The highest BCUT2D eigenvalue weighted by molar-refractivity contribution is 5.85. The molecule has 0 radical (unpaired) electrons. The van der Waals surface area contributed by atoms with Gasteiger partial charge in [-0.15, -0.1) is 0 Å². The van der Waals surface area contributed by atoms with Gasteiger partial charge in [-0.3, -0.25) is 0 Å². The Balaban J connectivity index is 2.20. The van der Waals surface area contributed by atoms with Crippen molar-refractivity contribution in [3.63, 3.8) is 0 Å². The summed E-state index contributed by atoms with van der Waals surface area (Å²) in [6.07, 6.45) is 1.86. The van der Waals surface area contributed by atoms with E-state index < -0.39 is 0 Å². The van der Waals surface area contributed by atoms with Crippen molar-refractivity contribution < 1.29 is 5.21 Å². The van der Waals surface area contributed by atoms with E-state index in [0.717, 1.165) is 25.9 Å². The zero-order chi connectivity index (χ0) is 13.4. The average molecular weight is 249 g/mol. The molecule has 0 heterocycles. The van der Waals surface area contributed by atoms with Crippen LogP contribution >= 0.6 is 0 Å². The van der Waals surface area contributed by atoms with E-state index in [2.05, 4.69) is 34.7 Å². The Bertz CT molecular complexity index is 374. The topological polar surface area (TPSA) is 70.6 Å². The van der Waals surface area contributed by atoms with Crippen LogP contribution in [0.15, 0.2) is 35.5 Å². The average Bonchev–Trinajstić information content (AvgIpc) is 2.38. The van der Waals surface area contributed by atoms with Crippen molar-refractivity contribution in [2.75, 3.05) is 13.1 Å². The van der Waals surface area contributed by atoms with E-state index in [1.165, 1.54) is 5.56 Å². The lowest BCUT2D eigenvalue weighted by atomic mass is 9.88. The van der Waals surface area contributed by atoms with Crippen LogP contribution in [-0.2, 0) is 6.42 Å². The Morgan fingerprint density at radius 1 is 1.28 bits per heavy atom. The van der Waals surface area contributed by atoms with Crippen molar-refractivity contribution in [1.82, 2.24) is 5.32 Å². The van der Waals surface area contributed by atoms with E-state index in [9.17, 15) is 0 Å². The molecule has 100 valence electrons. The molecule has 0 atom stereocenters. The molecule has 0 fully saturated rings. The minimum atomic E-state index is -0.269. The fourth-order valence-electron chi connectivity index (χ4n) is 1.67. The predicted octanol–water partition coefficient (Wildman–Crippen LogP) is 1.98. The first-order valence-electron chi connectivity index (χ1n) is 6.29. The maximum absolute atomic E-state index is 8.66. The lowest BCUT2D eigenvalue weighted by Gasteiger charge is -2.22. The molecule has 1 rings (SSSR count). The number of nitrogens with zero attached hydrogens (tertiary/aromatic N) is 1. The van der Waals surface area contributed by atoms with Gasteiger partial charge in [-0.2, -0.15) is 0 Å². The molecule has 0 aliphatic rings. The molecule has 0 bridgehead atoms. The standard InChI is InChI=1S/C14H23N3O/c1-14(2,13(15)17-18)9-11-16-10-8-12-6-4-3-5-7-12/h3-7,16,18H,8-11H2,1-2H3,(H2,15,17). The van der Waals surface area contributed by atoms with Crippen LogP contribution in [0.2, 0.25) is 0 Å². The predicted molar refractivity (Wildman–Crippen MR) is 74.8 cm³/mol. The molecule has 1 aromatic carbocycles. The quantitative estimate of drug-likeness (QED) is 0.227. The fraction of sp³-hybridized carbons (Fsp3) is 0.500. The summed E-state index contributed by atoms with van der Waals surface area (Å²) in [5.41, 5.74) is 6.69. The van der Waals surface area contributed by atoms with E-state index in [1.807, 2.05) is 19.9 Å². The van der Waals surface area contributed by atoms with E-state index in [4.69, 9.17) is 10.9 Å². The number of nitrogens with two attached hydrogens (primary N) is 1. The third-order valence-electron chi connectivity index (χ3n) is 3.16. The molecule has 0 saturated carbocycles. The van der Waals surface area contributed by atoms with Gasteiger partial charge in [0.25, 0.3) is 0 Å². The first kappa shape index (κ1) is 14.5. The molecule has 1 aromatic rings. The molecule has 0 unspecified atom stereocenters. The van der Waals surface area contributed by atoms with Crippen molar-refractivity contribution in [3.8, 4) is 0 Å². The molecule has 0 aliphatic carbocycles. The number of hydrogen-bond acceptors (Lipinski definition) is 3. The number of hydrogen-bond donors (Lipinski definition) is 3. The molecular weight excluding hydrogens is 226 g/mol. The van der Waals surface area contributed by atoms with Gasteiger partial charge < -0.3 is 16.3 Å². The lowest BCUT2D eigenvalue weighted by molar-refractivity contribution is 0.305. The highest BCUT2D eigenvalue weighted by Crippen LogP contribution is 2.19. The number of oxime groups is 1. The third-order valence-corrected chi connectivity index (χ3v) is 3.16. The summed E-state index contributed by atoms with van der Waals surface area (Å²) < 4.78 is 0. The molecule has 4 heteroatoms. The summed E-state index contributed by atoms with van der Waals surface area (Å²) in [6.45, 7) is 5.74. The van der Waals surface area contributed by atoms with Gasteiger partial charge in [-0.1, -0.05) is 49.3 Å². The number of rotatable bonds is 7. The molecule has 4 N–H and O–H groups in total. The lowest BCUT2D eigenvalue weighted by Crippen LogP contribution is -2.35. The van der Waals surface area contributed by atoms with Crippen LogP contribution in [0, 0.1) is 5.41 Å². The molecule has 0 saturated heterocycles. The van der Waals surface area contributed by atoms with Gasteiger partial charge in [0.15, 0.2) is 0 Å². The molecule has 0 amide bonds. The van der Waals surface area contributed by atoms with Gasteiger partial charge in [0.1, 0.15) is 5.84 Å². The highest BCUT2D eigenvalue weighted by Gasteiger charge is 2.22. The van der Waals surface area contributed by atoms with Gasteiger partial charge in [0.2, 0.25) is 0 Å². The Hall–Kier alpha value is -1.55. The zero-order valence-electron chi connectivity index (χ0n) is 11.2. The van der Waals surface area contributed by atoms with Crippen molar-refractivity contribution >= 4 is 5.84 Å². The van der Waals surface area contributed by atoms with Gasteiger partial charge in [0, 0.05) is 5.41 Å². The summed E-state index contributed by atoms with van der Waals surface area (Å²) in [7, 11) is 0. The van der Waals surface area contributed by atoms with Crippen LogP contribution in [0.25, 0.3) is 0 Å². The van der Waals surface area contributed by atoms with Gasteiger partial charge >= 0.3 is 0 Å². The van der Waals surface area contributed by atoms with Gasteiger partial charge in [-0.25, -0.2) is 0 Å². The van der Waals surface area contributed by atoms with Crippen LogP contribution in [0.5, 0.6) is 0 Å². The van der Waals surface area contributed by atoms with Crippen LogP contribution in [0.3, 0.4) is 0 Å². The summed E-state index contributed by atoms with van der Waals surface area (Å²) in [5.74, 6) is 0.285. The third kappa shape index (κ3) is 4.75. The van der Waals surface area contributed by atoms with Crippen molar-refractivity contribution in [1.29, 1.82) is 0 Å². The minimum absolute atomic E-state index is 0.269. The maximum Gasteiger partial charge on any atom is 0.144 e. The SMILES string of the molecule is CC(C)(CCNCCc1ccccc1)C(N)=NO. The number of nitrogens with one attached hydrogen (secondary N) is 1. The normalized spacial score (nSPS) is 12.7. The van der Waals surface area contributed by atoms with E-state index in [0.29, 0.717) is 0 Å². The summed E-state index contributed by atoms with van der Waals surface area (Å²) in [6, 6.07) is 10.4. The molecule has 18 heavy (non-hydrogen) atoms. The highest BCUT2D eigenvalue weighted by atomic mass is 16.4. The van der Waals surface area contributed by atoms with Crippen LogP contribution in [0.1, 0.15) is 25.8 Å². The van der Waals surface area contributed by atoms with Crippen molar-refractivity contribution in [3.05, 3.63) is 35.9 Å². The van der Waals surface area contributed by atoms with E-state index >= 15 is 0 Å². The monoisotopic (exact) mass is 249 g/mol. The molecule has 0 aromatic heterocycles. The van der Waals surface area contributed by atoms with Gasteiger partial charge in [-0.05, 0) is 31.5 Å². The van der Waals surface area contributed by atoms with Crippen molar-refractivity contribution in [2.45, 2.75) is 26.7 Å². The minimum Gasteiger partial charge on any atom is -0.409 e. The zero-order valence-corrected chi connectivity index (χ0v) is 11.2. The second-order valence-electron chi connectivity index (χ2n) is 5.10. The summed E-state index contributed by atoms with van der Waals surface area (Å²) in [5, 5.41) is 15.1. The second kappa shape index (κ2) is 7.01. The van der Waals surface area contributed by atoms with Crippen LogP contribution in [-0.4, -0.2) is 24.1 Å². The summed E-state index contributed by atoms with van der Waals surface area (Å²) in [4.78, 5) is 0. The smallest absolute Gasteiger partial charge is 0.144 e. The Labute approximate surface area is 109 Å². The van der Waals surface area contributed by atoms with Crippen LogP contribution < -0.4 is 11.1 Å². The molecule has 0 spiro atoms. The van der Waals surface area contributed by atoms with Crippen molar-refractivity contribution in [2.24, 2.45) is 16.3 Å². The first-order valence-corrected chi connectivity index (χ1v) is 6.29. The summed E-state index contributed by atoms with van der Waals surface area (Å²) >= 11 is 0. The van der Waals surface area contributed by atoms with Crippen LogP contribution in [0.4, 0.5) is 0 Å². The van der Waals surface area contributed by atoms with E-state index in [1.54, 1.807) is 0 Å². The molecule has 0 aliphatic heterocycles. The fourth-order valence-corrected chi connectivity index (χ4v) is 1.67. The van der Waals surface area contributed by atoms with E-state index in [-0.39, 0.29) is 11.3 Å². The maximum atomic E-state index is 8.66. The number of benzene rings is 1. The largest absolute Gasteiger partial charge is 0.409 e. The Kier molecular flexibility index (Phi) is 5.65. The molecule has 4 nitrogen and oxygen atoms in total. The Morgan fingerprint density at radius 3 is 2.56 bits per heavy atom. The molecular formula is C14H23N3O. The first-order chi connectivity index (χ1) is 8.56.